The SMILES string of the molecule is COc1cc(C(=O)CBr)c(Cl)cc1C. The van der Waals surface area contributed by atoms with E-state index in [1.54, 1.807) is 19.2 Å². The van der Waals surface area contributed by atoms with Crippen LogP contribution >= 0.6 is 27.5 Å². The Hall–Kier alpha value is -0.540. The van der Waals surface area contributed by atoms with E-state index < -0.39 is 0 Å². The van der Waals surface area contributed by atoms with Gasteiger partial charge in [0.2, 0.25) is 0 Å². The van der Waals surface area contributed by atoms with Gasteiger partial charge in [0, 0.05) is 5.56 Å². The van der Waals surface area contributed by atoms with Gasteiger partial charge >= 0.3 is 0 Å². The van der Waals surface area contributed by atoms with E-state index in [0.29, 0.717) is 16.3 Å². The quantitative estimate of drug-likeness (QED) is 0.626. The third-order valence-electron chi connectivity index (χ3n) is 1.91. The van der Waals surface area contributed by atoms with Crippen molar-refractivity contribution in [3.63, 3.8) is 0 Å². The van der Waals surface area contributed by atoms with E-state index in [0.717, 1.165) is 5.56 Å². The number of Topliss-reactive ketones (excluding diaryl/α,β-unsaturated/α-hetero) is 1. The molecule has 0 saturated heterocycles. The van der Waals surface area contributed by atoms with Crippen LogP contribution in [0.5, 0.6) is 5.75 Å². The fourth-order valence-corrected chi connectivity index (χ4v) is 1.78. The van der Waals surface area contributed by atoms with Crippen molar-refractivity contribution in [1.29, 1.82) is 0 Å². The minimum atomic E-state index is -0.0479. The first-order valence-electron chi connectivity index (χ1n) is 4.03. The summed E-state index contributed by atoms with van der Waals surface area (Å²) >= 11 is 9.04. The van der Waals surface area contributed by atoms with Gasteiger partial charge in [0.15, 0.2) is 5.78 Å². The molecule has 0 spiro atoms. The second kappa shape index (κ2) is 4.80. The number of methoxy groups -OCH3 is 1. The normalized spacial score (nSPS) is 10.0. The van der Waals surface area contributed by atoms with Crippen LogP contribution in [0.2, 0.25) is 5.02 Å². The monoisotopic (exact) mass is 276 g/mol. The molecule has 2 nitrogen and oxygen atoms in total. The van der Waals surface area contributed by atoms with Crippen LogP contribution in [0.15, 0.2) is 12.1 Å². The second-order valence-corrected chi connectivity index (χ2v) is 3.83. The van der Waals surface area contributed by atoms with E-state index in [1.165, 1.54) is 0 Å². The molecule has 4 heteroatoms. The average molecular weight is 278 g/mol. The highest BCUT2D eigenvalue weighted by Crippen LogP contribution is 2.26. The minimum absolute atomic E-state index is 0.0479. The Morgan fingerprint density at radius 1 is 1.57 bits per heavy atom. The van der Waals surface area contributed by atoms with Crippen molar-refractivity contribution in [3.05, 3.63) is 28.3 Å². The van der Waals surface area contributed by atoms with E-state index in [2.05, 4.69) is 15.9 Å². The average Bonchev–Trinajstić information content (AvgIpc) is 2.17. The van der Waals surface area contributed by atoms with Crippen molar-refractivity contribution in [3.8, 4) is 5.75 Å². The molecule has 0 bridgehead atoms. The van der Waals surface area contributed by atoms with Gasteiger partial charge < -0.3 is 4.74 Å². The van der Waals surface area contributed by atoms with Crippen molar-refractivity contribution in [2.45, 2.75) is 6.92 Å². The molecule has 0 N–H and O–H groups in total. The van der Waals surface area contributed by atoms with Crippen LogP contribution in [0.1, 0.15) is 15.9 Å². The first-order valence-corrected chi connectivity index (χ1v) is 5.53. The molecule has 0 radical (unpaired) electrons. The van der Waals surface area contributed by atoms with E-state index in [-0.39, 0.29) is 11.1 Å². The number of rotatable bonds is 3. The summed E-state index contributed by atoms with van der Waals surface area (Å²) in [4.78, 5) is 11.4. The van der Waals surface area contributed by atoms with Crippen LogP contribution in [0.25, 0.3) is 0 Å². The smallest absolute Gasteiger partial charge is 0.175 e. The second-order valence-electron chi connectivity index (χ2n) is 2.86. The lowest BCUT2D eigenvalue weighted by Gasteiger charge is -2.08. The number of hydrogen-bond acceptors (Lipinski definition) is 2. The van der Waals surface area contributed by atoms with Crippen molar-refractivity contribution >= 4 is 33.3 Å². The summed E-state index contributed by atoms with van der Waals surface area (Å²) in [5, 5.41) is 0.728. The predicted molar refractivity (Wildman–Crippen MR) is 60.9 cm³/mol. The molecule has 0 fully saturated rings. The van der Waals surface area contributed by atoms with Gasteiger partial charge in [-0.05, 0) is 24.6 Å². The molecule has 1 aromatic rings. The number of ether oxygens (including phenoxy) is 1. The zero-order chi connectivity index (χ0) is 10.7. The third kappa shape index (κ3) is 2.28. The molecule has 1 aromatic carbocycles. The summed E-state index contributed by atoms with van der Waals surface area (Å²) in [7, 11) is 1.57. The molecule has 0 atom stereocenters. The van der Waals surface area contributed by atoms with E-state index >= 15 is 0 Å². The lowest BCUT2D eigenvalue weighted by molar-refractivity contribution is 0.102. The molecule has 0 heterocycles. The number of benzene rings is 1. The maximum atomic E-state index is 11.4. The number of aryl methyl sites for hydroxylation is 1. The highest BCUT2D eigenvalue weighted by molar-refractivity contribution is 9.09. The summed E-state index contributed by atoms with van der Waals surface area (Å²) < 4.78 is 5.11. The number of alkyl halides is 1. The Kier molecular flexibility index (Phi) is 3.96. The van der Waals surface area contributed by atoms with Crippen LogP contribution in [0.4, 0.5) is 0 Å². The zero-order valence-electron chi connectivity index (χ0n) is 7.93. The van der Waals surface area contributed by atoms with Crippen LogP contribution in [0, 0.1) is 6.92 Å². The fraction of sp³-hybridized carbons (Fsp3) is 0.300. The van der Waals surface area contributed by atoms with Crippen LogP contribution in [-0.4, -0.2) is 18.2 Å². The van der Waals surface area contributed by atoms with Gasteiger partial charge in [-0.25, -0.2) is 0 Å². The lowest BCUT2D eigenvalue weighted by atomic mass is 10.1. The summed E-state index contributed by atoms with van der Waals surface area (Å²) in [5.41, 5.74) is 1.41. The van der Waals surface area contributed by atoms with Crippen molar-refractivity contribution in [2.75, 3.05) is 12.4 Å². The largest absolute Gasteiger partial charge is 0.496 e. The maximum Gasteiger partial charge on any atom is 0.175 e. The molecule has 0 saturated carbocycles. The fourth-order valence-electron chi connectivity index (χ4n) is 1.16. The Morgan fingerprint density at radius 2 is 2.21 bits per heavy atom. The molecule has 0 aliphatic rings. The van der Waals surface area contributed by atoms with Gasteiger partial charge in [0.05, 0.1) is 17.5 Å². The van der Waals surface area contributed by atoms with Crippen molar-refractivity contribution in [1.82, 2.24) is 0 Å². The number of halogens is 2. The number of carbonyl (C=O) groups is 1. The standard InChI is InChI=1S/C10H10BrClO2/c1-6-3-8(12)7(9(13)5-11)4-10(6)14-2/h3-4H,5H2,1-2H3. The minimum Gasteiger partial charge on any atom is -0.496 e. The molecular weight excluding hydrogens is 267 g/mol. The predicted octanol–water partition coefficient (Wildman–Crippen LogP) is 3.23. The number of carbonyl (C=O) groups excluding carboxylic acids is 1. The summed E-state index contributed by atoms with van der Waals surface area (Å²) in [6, 6.07) is 3.40. The van der Waals surface area contributed by atoms with Gasteiger partial charge in [-0.15, -0.1) is 0 Å². The van der Waals surface area contributed by atoms with Crippen LogP contribution in [-0.2, 0) is 0 Å². The van der Waals surface area contributed by atoms with Gasteiger partial charge in [0.1, 0.15) is 5.75 Å². The Balaban J connectivity index is 3.24. The highest BCUT2D eigenvalue weighted by atomic mass is 79.9. The Labute approximate surface area is 96.3 Å². The third-order valence-corrected chi connectivity index (χ3v) is 2.73. The summed E-state index contributed by atoms with van der Waals surface area (Å²) in [6.07, 6.45) is 0. The molecular formula is C10H10BrClO2. The topological polar surface area (TPSA) is 26.3 Å². The van der Waals surface area contributed by atoms with Crippen molar-refractivity contribution < 1.29 is 9.53 Å². The highest BCUT2D eigenvalue weighted by Gasteiger charge is 2.12. The first-order chi connectivity index (χ1) is 6.60. The first kappa shape index (κ1) is 11.5. The van der Waals surface area contributed by atoms with E-state index in [9.17, 15) is 4.79 Å². The molecule has 1 rings (SSSR count). The molecule has 0 aliphatic heterocycles. The van der Waals surface area contributed by atoms with Crippen LogP contribution < -0.4 is 4.74 Å². The van der Waals surface area contributed by atoms with Crippen LogP contribution in [0.3, 0.4) is 0 Å². The molecule has 0 aliphatic carbocycles. The molecule has 76 valence electrons. The lowest BCUT2D eigenvalue weighted by Crippen LogP contribution is -2.02. The van der Waals surface area contributed by atoms with Crippen molar-refractivity contribution in [2.24, 2.45) is 0 Å². The number of ketones is 1. The van der Waals surface area contributed by atoms with E-state index in [1.807, 2.05) is 6.92 Å². The Morgan fingerprint density at radius 3 is 2.71 bits per heavy atom. The molecule has 0 amide bonds. The zero-order valence-corrected chi connectivity index (χ0v) is 10.3. The summed E-state index contributed by atoms with van der Waals surface area (Å²) in [6.45, 7) is 1.88. The molecule has 14 heavy (non-hydrogen) atoms. The molecule has 0 unspecified atom stereocenters. The maximum absolute atomic E-state index is 11.4. The van der Waals surface area contributed by atoms with Gasteiger partial charge in [-0.1, -0.05) is 27.5 Å². The van der Waals surface area contributed by atoms with Gasteiger partial charge in [-0.3, -0.25) is 4.79 Å². The molecule has 0 aromatic heterocycles. The van der Waals surface area contributed by atoms with E-state index in [4.69, 9.17) is 16.3 Å². The summed E-state index contributed by atoms with van der Waals surface area (Å²) in [5.74, 6) is 0.631. The Bertz CT molecular complexity index is 363. The van der Waals surface area contributed by atoms with Gasteiger partial charge in [-0.2, -0.15) is 0 Å². The van der Waals surface area contributed by atoms with Gasteiger partial charge in [0.25, 0.3) is 0 Å². The number of hydrogen-bond donors (Lipinski definition) is 0.